The third-order valence-corrected chi connectivity index (χ3v) is 17.6. The molecule has 59 heavy (non-hydrogen) atoms. The second kappa shape index (κ2) is 14.3. The number of carbonyl (C=O) groups excluding carboxylic acids is 2. The van der Waals surface area contributed by atoms with Crippen molar-refractivity contribution in [3.8, 4) is 23.7 Å². The van der Waals surface area contributed by atoms with Gasteiger partial charge >= 0.3 is 0 Å². The number of carbonyl (C=O) groups is 2. The Hall–Kier alpha value is -2.40. The summed E-state index contributed by atoms with van der Waals surface area (Å²) in [6, 6.07) is -0.149. The normalized spacial score (nSPS) is 50.9. The molecule has 5 heterocycles. The van der Waals surface area contributed by atoms with Crippen LogP contribution in [0.25, 0.3) is 0 Å². The molecule has 13 heteroatoms. The van der Waals surface area contributed by atoms with Crippen LogP contribution in [0.2, 0.25) is 0 Å². The Bertz CT molecular complexity index is 1900. The Morgan fingerprint density at radius 1 is 1.05 bits per heavy atom. The number of allylic oxidation sites excluding steroid dienone is 1. The van der Waals surface area contributed by atoms with Crippen molar-refractivity contribution >= 4 is 11.7 Å². The van der Waals surface area contributed by atoms with Crippen LogP contribution in [-0.2, 0) is 23.8 Å². The van der Waals surface area contributed by atoms with Crippen LogP contribution in [0, 0.1) is 63.1 Å². The standard InChI is InChI=1S/C46H65N3O10/c1-27(50)24-47-25-31-30-23-44-12-7-13-45(42(4,55)37(52)35(31)59-36(30)38(53)48-44)17-18-46(56)34-22-33(51)32-21-29(58-20-8-19-57-5)10-14-40(32,2)43(34,16-15-41(45,46)3)11-6-9-28-26-49(28)39(44)54/h22,27-32,35-38,47-48,50,52-53,55-56H,8-10,12,14-21,23-26H2,1-5H3. The van der Waals surface area contributed by atoms with Crippen LogP contribution in [0.5, 0.6) is 0 Å². The molecule has 13 nitrogen and oxygen atoms in total. The topological polar surface area (TPSA) is 190 Å². The van der Waals surface area contributed by atoms with Crippen molar-refractivity contribution in [1.29, 1.82) is 0 Å². The molecule has 0 radical (unpaired) electrons. The second-order valence-electron chi connectivity index (χ2n) is 20.5. The van der Waals surface area contributed by atoms with Crippen LogP contribution in [0.15, 0.2) is 11.6 Å². The lowest BCUT2D eigenvalue weighted by Gasteiger charge is -2.66. The van der Waals surface area contributed by atoms with Crippen molar-refractivity contribution < 1.29 is 49.3 Å². The van der Waals surface area contributed by atoms with Gasteiger partial charge in [0.25, 0.3) is 0 Å². The van der Waals surface area contributed by atoms with Gasteiger partial charge in [0.1, 0.15) is 29.6 Å². The minimum absolute atomic E-state index is 0.0293. The molecule has 0 aromatic heterocycles. The number of piperidine rings is 1. The molecule has 0 aromatic carbocycles. The van der Waals surface area contributed by atoms with Gasteiger partial charge in [0.05, 0.1) is 40.8 Å². The molecule has 5 aliphatic carbocycles. The molecule has 17 atom stereocenters. The highest BCUT2D eigenvalue weighted by molar-refractivity contribution is 5.96. The van der Waals surface area contributed by atoms with Gasteiger partial charge in [-0.15, -0.1) is 11.8 Å². The Labute approximate surface area is 348 Å². The maximum absolute atomic E-state index is 14.9. The number of aliphatic hydroxyl groups is 5. The van der Waals surface area contributed by atoms with Gasteiger partial charge in [-0.3, -0.25) is 14.9 Å². The summed E-state index contributed by atoms with van der Waals surface area (Å²) in [5, 5.41) is 68.2. The van der Waals surface area contributed by atoms with Gasteiger partial charge in [0.2, 0.25) is 5.91 Å². The molecule has 7 bridgehead atoms. The number of ether oxygens (including phenoxy) is 3. The summed E-state index contributed by atoms with van der Waals surface area (Å²) in [4.78, 5) is 31.4. The van der Waals surface area contributed by atoms with E-state index in [1.54, 1.807) is 27.0 Å². The van der Waals surface area contributed by atoms with E-state index in [0.29, 0.717) is 64.0 Å². The monoisotopic (exact) mass is 819 g/mol. The highest BCUT2D eigenvalue weighted by Crippen LogP contribution is 2.76. The lowest BCUT2D eigenvalue weighted by atomic mass is 9.38. The van der Waals surface area contributed by atoms with E-state index in [-0.39, 0.29) is 62.0 Å². The van der Waals surface area contributed by atoms with Gasteiger partial charge in [0.15, 0.2) is 5.78 Å². The fourth-order valence-corrected chi connectivity index (χ4v) is 14.1. The van der Waals surface area contributed by atoms with Crippen molar-refractivity contribution in [2.75, 3.05) is 40.0 Å². The number of fused-ring (bicyclic) bond motifs is 4. The highest BCUT2D eigenvalue weighted by atomic mass is 16.5. The van der Waals surface area contributed by atoms with Gasteiger partial charge in [-0.05, 0) is 94.6 Å². The first kappa shape index (κ1) is 41.9. The zero-order chi connectivity index (χ0) is 42.0. The lowest BCUT2D eigenvalue weighted by Crippen LogP contribution is -2.70. The summed E-state index contributed by atoms with van der Waals surface area (Å²) in [7, 11) is 1.67. The molecule has 1 amide bonds. The third-order valence-electron chi connectivity index (χ3n) is 17.6. The van der Waals surface area contributed by atoms with Gasteiger partial charge < -0.3 is 50.0 Å². The van der Waals surface area contributed by atoms with Crippen LogP contribution >= 0.6 is 0 Å². The van der Waals surface area contributed by atoms with Crippen molar-refractivity contribution in [1.82, 2.24) is 15.5 Å². The quantitative estimate of drug-likeness (QED) is 0.100. The number of hydrogen-bond acceptors (Lipinski definition) is 12. The average molecular weight is 820 g/mol. The van der Waals surface area contributed by atoms with E-state index in [0.717, 1.165) is 12.8 Å². The minimum atomic E-state index is -1.98. The first-order valence-electron chi connectivity index (χ1n) is 22.3. The Morgan fingerprint density at radius 3 is 2.61 bits per heavy atom. The first-order valence-corrected chi connectivity index (χ1v) is 22.3. The molecular weight excluding hydrogens is 755 g/mol. The number of ketones is 1. The van der Waals surface area contributed by atoms with Crippen molar-refractivity contribution in [2.45, 2.75) is 158 Å². The molecule has 3 spiro atoms. The van der Waals surface area contributed by atoms with E-state index in [2.05, 4.69) is 41.2 Å². The van der Waals surface area contributed by atoms with Gasteiger partial charge in [-0.25, -0.2) is 0 Å². The summed E-state index contributed by atoms with van der Waals surface area (Å²) in [5.41, 5.74) is -8.41. The first-order chi connectivity index (χ1) is 27.9. The Morgan fingerprint density at radius 2 is 1.85 bits per heavy atom. The maximum Gasteiger partial charge on any atom is 0.244 e. The predicted molar refractivity (Wildman–Crippen MR) is 215 cm³/mol. The minimum Gasteiger partial charge on any atom is -0.392 e. The van der Waals surface area contributed by atoms with E-state index in [4.69, 9.17) is 14.2 Å². The van der Waals surface area contributed by atoms with Crippen molar-refractivity contribution in [3.63, 3.8) is 0 Å². The van der Waals surface area contributed by atoms with E-state index >= 15 is 0 Å². The van der Waals surface area contributed by atoms with Crippen LogP contribution in [0.3, 0.4) is 0 Å². The Kier molecular flexibility index (Phi) is 10.2. The summed E-state index contributed by atoms with van der Waals surface area (Å²) in [6.07, 6.45) is 1.24. The van der Waals surface area contributed by atoms with Crippen LogP contribution in [-0.4, -0.2) is 142 Å². The summed E-state index contributed by atoms with van der Waals surface area (Å²) >= 11 is 0. The van der Waals surface area contributed by atoms with Gasteiger partial charge in [-0.2, -0.15) is 0 Å². The molecule has 3 saturated carbocycles. The van der Waals surface area contributed by atoms with Crippen molar-refractivity contribution in [2.24, 2.45) is 39.4 Å². The number of amides is 1. The Balaban J connectivity index is 1.20. The zero-order valence-electron chi connectivity index (χ0n) is 35.4. The maximum atomic E-state index is 14.9. The summed E-state index contributed by atoms with van der Waals surface area (Å²) < 4.78 is 18.2. The number of methoxy groups -OCH3 is 1. The number of nitrogens with zero attached hydrogens (tertiary/aromatic N) is 1. The van der Waals surface area contributed by atoms with Gasteiger partial charge in [0, 0.05) is 70.1 Å². The number of aliphatic hydroxyl groups excluding tert-OH is 3. The summed E-state index contributed by atoms with van der Waals surface area (Å²) in [5.74, 6) is 12.8. The van der Waals surface area contributed by atoms with Crippen LogP contribution in [0.1, 0.15) is 98.3 Å². The van der Waals surface area contributed by atoms with E-state index < -0.39 is 80.9 Å². The fourth-order valence-electron chi connectivity index (χ4n) is 14.1. The molecular formula is C46H65N3O10. The molecule has 3 saturated heterocycles. The third kappa shape index (κ3) is 5.76. The van der Waals surface area contributed by atoms with Gasteiger partial charge in [-0.1, -0.05) is 25.7 Å². The molecule has 324 valence electrons. The molecule has 10 aliphatic rings. The van der Waals surface area contributed by atoms with Crippen LogP contribution in [0.4, 0.5) is 0 Å². The average Bonchev–Trinajstić information content (AvgIpc) is 3.80. The van der Waals surface area contributed by atoms with E-state index in [1.165, 1.54) is 0 Å². The SMILES string of the molecule is COCCCOC1CCC2(C)C(C1)C(=O)C=C1C3(O)CCC45C#CCC6(CC7C(CNCC(C)O)C(OC7C(O)N6)C(O)C4(C)O)C(=O)N4CC4CC#CC12CCC35C. The predicted octanol–water partition coefficient (Wildman–Crippen LogP) is 1.18. The van der Waals surface area contributed by atoms with E-state index in [9.17, 15) is 35.1 Å². The molecule has 10 rings (SSSR count). The molecule has 7 N–H and O–H groups in total. The lowest BCUT2D eigenvalue weighted by molar-refractivity contribution is -0.227. The fraction of sp³-hybridized carbons (Fsp3) is 0.826. The summed E-state index contributed by atoms with van der Waals surface area (Å²) in [6.45, 7) is 9.66. The molecule has 0 aromatic rings. The van der Waals surface area contributed by atoms with Crippen molar-refractivity contribution in [3.05, 3.63) is 11.6 Å². The number of hydrogen-bond donors (Lipinski definition) is 7. The largest absolute Gasteiger partial charge is 0.392 e. The van der Waals surface area contributed by atoms with Crippen LogP contribution < -0.4 is 10.6 Å². The highest BCUT2D eigenvalue weighted by Gasteiger charge is 2.79. The number of nitrogens with one attached hydrogen (secondary N) is 2. The zero-order valence-corrected chi connectivity index (χ0v) is 35.4. The second-order valence-corrected chi connectivity index (χ2v) is 20.5. The molecule has 6 fully saturated rings. The molecule has 5 aliphatic heterocycles. The number of rotatable bonds is 9. The van der Waals surface area contributed by atoms with E-state index in [1.807, 2.05) is 11.8 Å². The smallest absolute Gasteiger partial charge is 0.244 e. The molecule has 17 unspecified atom stereocenters.